The molecule has 1 aliphatic carbocycles. The Morgan fingerprint density at radius 1 is 1.32 bits per heavy atom. The van der Waals surface area contributed by atoms with Gasteiger partial charge in [0, 0.05) is 5.56 Å². The van der Waals surface area contributed by atoms with Gasteiger partial charge in [-0.3, -0.25) is 0 Å². The lowest BCUT2D eigenvalue weighted by molar-refractivity contribution is 0.526. The van der Waals surface area contributed by atoms with E-state index in [2.05, 4.69) is 18.3 Å². The van der Waals surface area contributed by atoms with E-state index in [9.17, 15) is 0 Å². The van der Waals surface area contributed by atoms with Crippen LogP contribution in [-0.2, 0) is 0 Å². The van der Waals surface area contributed by atoms with Crippen LogP contribution in [0.5, 0.6) is 0 Å². The number of nitrogens with one attached hydrogen (secondary N) is 1. The van der Waals surface area contributed by atoms with Crippen LogP contribution in [0.3, 0.4) is 0 Å². The molecule has 3 heteroatoms. The molecule has 0 radical (unpaired) electrons. The number of halogens is 1. The average molecular weight is 282 g/mol. The van der Waals surface area contributed by atoms with Gasteiger partial charge in [-0.15, -0.1) is 0 Å². The fourth-order valence-electron chi connectivity index (χ4n) is 2.72. The normalized spacial score (nSPS) is 21.3. The van der Waals surface area contributed by atoms with Gasteiger partial charge in [0.15, 0.2) is 5.22 Å². The van der Waals surface area contributed by atoms with Crippen molar-refractivity contribution in [3.63, 3.8) is 0 Å². The van der Waals surface area contributed by atoms with Crippen molar-refractivity contribution in [1.29, 1.82) is 0 Å². The molecule has 0 spiro atoms. The Bertz CT molecular complexity index is 411. The first-order valence-corrected chi connectivity index (χ1v) is 7.86. The minimum atomic E-state index is 0.226. The zero-order valence-electron chi connectivity index (χ0n) is 11.8. The molecule has 1 unspecified atom stereocenters. The molecule has 0 fully saturated rings. The molecule has 1 aromatic heterocycles. The van der Waals surface area contributed by atoms with Crippen molar-refractivity contribution in [3.8, 4) is 0 Å². The van der Waals surface area contributed by atoms with Crippen molar-refractivity contribution in [2.45, 2.75) is 57.9 Å². The molecule has 1 aromatic rings. The molecule has 1 heterocycles. The lowest BCUT2D eigenvalue weighted by Crippen LogP contribution is -2.24. The summed E-state index contributed by atoms with van der Waals surface area (Å²) in [6.45, 7) is 3.19. The Morgan fingerprint density at radius 3 is 2.89 bits per heavy atom. The molecule has 0 saturated carbocycles. The molecule has 1 aliphatic rings. The fraction of sp³-hybridized carbons (Fsp3) is 0.625. The van der Waals surface area contributed by atoms with E-state index in [4.69, 9.17) is 16.0 Å². The molecule has 0 bridgehead atoms. The van der Waals surface area contributed by atoms with E-state index < -0.39 is 0 Å². The first-order chi connectivity index (χ1) is 9.33. The monoisotopic (exact) mass is 281 g/mol. The van der Waals surface area contributed by atoms with Crippen molar-refractivity contribution in [3.05, 3.63) is 34.8 Å². The highest BCUT2D eigenvalue weighted by molar-refractivity contribution is 6.29. The summed E-state index contributed by atoms with van der Waals surface area (Å²) in [5, 5.41) is 4.14. The number of rotatable bonds is 5. The van der Waals surface area contributed by atoms with Gasteiger partial charge >= 0.3 is 0 Å². The topological polar surface area (TPSA) is 25.2 Å². The van der Waals surface area contributed by atoms with E-state index in [1.807, 2.05) is 6.07 Å². The van der Waals surface area contributed by atoms with Crippen LogP contribution in [0.4, 0.5) is 0 Å². The predicted octanol–water partition coefficient (Wildman–Crippen LogP) is 5.25. The van der Waals surface area contributed by atoms with Gasteiger partial charge < -0.3 is 9.73 Å². The first-order valence-electron chi connectivity index (χ1n) is 7.48. The molecular formula is C16H24ClNO. The zero-order chi connectivity index (χ0) is 13.5. The minimum absolute atomic E-state index is 0.226. The summed E-state index contributed by atoms with van der Waals surface area (Å²) in [7, 11) is 0. The quantitative estimate of drug-likeness (QED) is 0.745. The van der Waals surface area contributed by atoms with Crippen molar-refractivity contribution in [1.82, 2.24) is 5.32 Å². The van der Waals surface area contributed by atoms with Gasteiger partial charge in [0.05, 0.1) is 12.3 Å². The Hall–Kier alpha value is -0.730. The maximum Gasteiger partial charge on any atom is 0.198 e. The van der Waals surface area contributed by atoms with E-state index in [1.165, 1.54) is 44.1 Å². The van der Waals surface area contributed by atoms with E-state index in [-0.39, 0.29) is 6.04 Å². The number of hydrogen-bond acceptors (Lipinski definition) is 2. The van der Waals surface area contributed by atoms with Crippen LogP contribution in [0.15, 0.2) is 28.4 Å². The standard InChI is InChI=1S/C16H24ClNO/c1-2-11-18-15(14-10-12-19-16(14)17)13-8-6-4-3-5-7-9-13/h8,10,12,15,18H,2-7,9,11H2,1H3/b13-8+. The summed E-state index contributed by atoms with van der Waals surface area (Å²) in [4.78, 5) is 0. The highest BCUT2D eigenvalue weighted by atomic mass is 35.5. The third kappa shape index (κ3) is 4.12. The zero-order valence-corrected chi connectivity index (χ0v) is 12.5. The van der Waals surface area contributed by atoms with Crippen LogP contribution in [0.1, 0.15) is 63.5 Å². The molecule has 1 N–H and O–H groups in total. The van der Waals surface area contributed by atoms with Gasteiger partial charge in [0.2, 0.25) is 0 Å². The average Bonchev–Trinajstić information content (AvgIpc) is 2.78. The highest BCUT2D eigenvalue weighted by Gasteiger charge is 2.20. The van der Waals surface area contributed by atoms with Crippen LogP contribution in [0.25, 0.3) is 0 Å². The molecule has 2 nitrogen and oxygen atoms in total. The molecule has 0 amide bonds. The molecule has 106 valence electrons. The Balaban J connectivity index is 2.18. The van der Waals surface area contributed by atoms with Gasteiger partial charge in [-0.05, 0) is 56.3 Å². The third-order valence-corrected chi connectivity index (χ3v) is 4.06. The van der Waals surface area contributed by atoms with Crippen LogP contribution < -0.4 is 5.32 Å². The lowest BCUT2D eigenvalue weighted by atomic mass is 9.92. The molecule has 2 rings (SSSR count). The molecule has 19 heavy (non-hydrogen) atoms. The second kappa shape index (κ2) is 7.76. The number of allylic oxidation sites excluding steroid dienone is 1. The van der Waals surface area contributed by atoms with Crippen LogP contribution >= 0.6 is 11.6 Å². The highest BCUT2D eigenvalue weighted by Crippen LogP contribution is 2.33. The third-order valence-electron chi connectivity index (χ3n) is 3.75. The first kappa shape index (κ1) is 14.7. The van der Waals surface area contributed by atoms with Gasteiger partial charge in [-0.2, -0.15) is 0 Å². The maximum atomic E-state index is 6.17. The van der Waals surface area contributed by atoms with Crippen molar-refractivity contribution in [2.24, 2.45) is 0 Å². The molecule has 0 aliphatic heterocycles. The predicted molar refractivity (Wildman–Crippen MR) is 80.5 cm³/mol. The van der Waals surface area contributed by atoms with E-state index in [0.29, 0.717) is 5.22 Å². The van der Waals surface area contributed by atoms with Gasteiger partial charge in [0.1, 0.15) is 0 Å². The summed E-state index contributed by atoms with van der Waals surface area (Å²) in [5.41, 5.74) is 2.57. The van der Waals surface area contributed by atoms with Gasteiger partial charge in [-0.25, -0.2) is 0 Å². The summed E-state index contributed by atoms with van der Waals surface area (Å²) in [6, 6.07) is 2.22. The minimum Gasteiger partial charge on any atom is -0.453 e. The SMILES string of the molecule is CCCNC(/C1=C/CCCCCC1)c1ccoc1Cl. The smallest absolute Gasteiger partial charge is 0.198 e. The Morgan fingerprint density at radius 2 is 2.16 bits per heavy atom. The van der Waals surface area contributed by atoms with Gasteiger partial charge in [0.25, 0.3) is 0 Å². The van der Waals surface area contributed by atoms with Crippen LogP contribution in [0.2, 0.25) is 5.22 Å². The lowest BCUT2D eigenvalue weighted by Gasteiger charge is -2.23. The van der Waals surface area contributed by atoms with Crippen molar-refractivity contribution < 1.29 is 4.42 Å². The van der Waals surface area contributed by atoms with Crippen molar-refractivity contribution in [2.75, 3.05) is 6.54 Å². The summed E-state index contributed by atoms with van der Waals surface area (Å²) < 4.78 is 5.27. The van der Waals surface area contributed by atoms with Crippen molar-refractivity contribution >= 4 is 11.6 Å². The van der Waals surface area contributed by atoms with E-state index >= 15 is 0 Å². The van der Waals surface area contributed by atoms with E-state index in [1.54, 1.807) is 6.26 Å². The summed E-state index contributed by atoms with van der Waals surface area (Å²) in [6.07, 6.45) is 12.9. The molecule has 0 saturated heterocycles. The maximum absolute atomic E-state index is 6.17. The summed E-state index contributed by atoms with van der Waals surface area (Å²) >= 11 is 6.17. The molecule has 1 atom stereocenters. The second-order valence-electron chi connectivity index (χ2n) is 5.27. The summed E-state index contributed by atoms with van der Waals surface area (Å²) in [5.74, 6) is 0. The van der Waals surface area contributed by atoms with Crippen LogP contribution in [0, 0.1) is 0 Å². The Kier molecular flexibility index (Phi) is 5.99. The van der Waals surface area contributed by atoms with Crippen LogP contribution in [-0.4, -0.2) is 6.54 Å². The number of furan rings is 1. The van der Waals surface area contributed by atoms with Gasteiger partial charge in [-0.1, -0.05) is 31.4 Å². The molecular weight excluding hydrogens is 258 g/mol. The molecule has 0 aromatic carbocycles. The Labute approximate surface area is 121 Å². The second-order valence-corrected chi connectivity index (χ2v) is 5.61. The van der Waals surface area contributed by atoms with E-state index in [0.717, 1.165) is 18.5 Å². The number of hydrogen-bond donors (Lipinski definition) is 1. The fourth-order valence-corrected chi connectivity index (χ4v) is 2.94. The largest absolute Gasteiger partial charge is 0.453 e.